The summed E-state index contributed by atoms with van der Waals surface area (Å²) in [6, 6.07) is 9.02. The molecular weight excluding hydrogens is 392 g/mol. The smallest absolute Gasteiger partial charge is 0.277 e. The first-order valence-corrected chi connectivity index (χ1v) is 10.4. The number of hydrogen-bond acceptors (Lipinski definition) is 8. The van der Waals surface area contributed by atoms with Gasteiger partial charge in [-0.25, -0.2) is 0 Å². The van der Waals surface area contributed by atoms with Crippen LogP contribution in [0.25, 0.3) is 11.5 Å². The highest BCUT2D eigenvalue weighted by Gasteiger charge is 2.44. The Labute approximate surface area is 171 Å². The fourth-order valence-corrected chi connectivity index (χ4v) is 4.06. The molecule has 3 aromatic rings. The fourth-order valence-electron chi connectivity index (χ4n) is 3.49. The molecule has 1 saturated carbocycles. The molecule has 0 saturated heterocycles. The second-order valence-corrected chi connectivity index (χ2v) is 7.86. The minimum absolute atomic E-state index is 0.149. The molecule has 1 N–H and O–H groups in total. The van der Waals surface area contributed by atoms with E-state index in [0.717, 1.165) is 37.0 Å². The summed E-state index contributed by atoms with van der Waals surface area (Å²) in [7, 11) is 0. The van der Waals surface area contributed by atoms with Crippen LogP contribution in [0.15, 0.2) is 52.4 Å². The van der Waals surface area contributed by atoms with E-state index in [9.17, 15) is 4.79 Å². The molecule has 2 aromatic heterocycles. The standard InChI is InChI=1S/C20H18N4O4S/c25-17(12-29-19-24-23-18(26-19)13-5-9-21-10-6-13)22-14-3-4-15-16(11-14)28-20(27-15)7-1-2-8-20/h3-6,9-11H,1-2,7-8,12H2,(H,22,25). The molecule has 0 radical (unpaired) electrons. The highest BCUT2D eigenvalue weighted by Crippen LogP contribution is 2.47. The van der Waals surface area contributed by atoms with Gasteiger partial charge in [0.25, 0.3) is 11.0 Å². The number of benzene rings is 1. The van der Waals surface area contributed by atoms with Crippen LogP contribution in [0.1, 0.15) is 25.7 Å². The lowest BCUT2D eigenvalue weighted by Gasteiger charge is -2.21. The first-order valence-electron chi connectivity index (χ1n) is 9.38. The van der Waals surface area contributed by atoms with E-state index in [-0.39, 0.29) is 11.7 Å². The van der Waals surface area contributed by atoms with E-state index in [2.05, 4.69) is 20.5 Å². The van der Waals surface area contributed by atoms with Gasteiger partial charge in [-0.2, -0.15) is 0 Å². The predicted octanol–water partition coefficient (Wildman–Crippen LogP) is 3.90. The number of thioether (sulfide) groups is 1. The molecule has 1 aromatic carbocycles. The van der Waals surface area contributed by atoms with Crippen LogP contribution >= 0.6 is 11.8 Å². The molecule has 1 spiro atoms. The number of amides is 1. The molecule has 1 aliphatic heterocycles. The van der Waals surface area contributed by atoms with Crippen LogP contribution < -0.4 is 14.8 Å². The maximum absolute atomic E-state index is 12.3. The topological polar surface area (TPSA) is 99.4 Å². The van der Waals surface area contributed by atoms with Crippen molar-refractivity contribution >= 4 is 23.4 Å². The zero-order valence-corrected chi connectivity index (χ0v) is 16.3. The average Bonchev–Trinajstić information content (AvgIpc) is 3.47. The molecule has 148 valence electrons. The lowest BCUT2D eigenvalue weighted by atomic mass is 10.2. The van der Waals surface area contributed by atoms with Crippen LogP contribution in [0, 0.1) is 0 Å². The summed E-state index contributed by atoms with van der Waals surface area (Å²) in [5, 5.41) is 11.2. The summed E-state index contributed by atoms with van der Waals surface area (Å²) in [6.45, 7) is 0. The minimum atomic E-state index is -0.509. The lowest BCUT2D eigenvalue weighted by Crippen LogP contribution is -2.34. The first kappa shape index (κ1) is 18.0. The van der Waals surface area contributed by atoms with E-state index in [1.807, 2.05) is 12.1 Å². The van der Waals surface area contributed by atoms with E-state index < -0.39 is 5.79 Å². The molecule has 9 heteroatoms. The van der Waals surface area contributed by atoms with Gasteiger partial charge in [-0.3, -0.25) is 9.78 Å². The van der Waals surface area contributed by atoms with E-state index in [1.54, 1.807) is 30.6 Å². The molecule has 8 nitrogen and oxygen atoms in total. The summed E-state index contributed by atoms with van der Waals surface area (Å²) >= 11 is 1.18. The van der Waals surface area contributed by atoms with Gasteiger partial charge < -0.3 is 19.2 Å². The third kappa shape index (κ3) is 3.77. The monoisotopic (exact) mass is 410 g/mol. The van der Waals surface area contributed by atoms with E-state index in [0.29, 0.717) is 22.6 Å². The highest BCUT2D eigenvalue weighted by molar-refractivity contribution is 7.99. The molecular formula is C20H18N4O4S. The highest BCUT2D eigenvalue weighted by atomic mass is 32.2. The second-order valence-electron chi connectivity index (χ2n) is 6.93. The number of nitrogens with zero attached hydrogens (tertiary/aromatic N) is 3. The fraction of sp³-hybridized carbons (Fsp3) is 0.300. The van der Waals surface area contributed by atoms with Crippen molar-refractivity contribution in [3.8, 4) is 23.0 Å². The van der Waals surface area contributed by atoms with Gasteiger partial charge in [0, 0.05) is 42.6 Å². The summed E-state index contributed by atoms with van der Waals surface area (Å²) in [5.74, 6) is 1.27. The van der Waals surface area contributed by atoms with Gasteiger partial charge >= 0.3 is 0 Å². The Morgan fingerprint density at radius 1 is 1.07 bits per heavy atom. The van der Waals surface area contributed by atoms with Gasteiger partial charge in [0.15, 0.2) is 11.5 Å². The van der Waals surface area contributed by atoms with Crippen molar-refractivity contribution < 1.29 is 18.7 Å². The van der Waals surface area contributed by atoms with Gasteiger partial charge in [0.05, 0.1) is 5.75 Å². The van der Waals surface area contributed by atoms with Crippen molar-refractivity contribution in [2.75, 3.05) is 11.1 Å². The predicted molar refractivity (Wildman–Crippen MR) is 106 cm³/mol. The van der Waals surface area contributed by atoms with Gasteiger partial charge in [-0.05, 0) is 37.1 Å². The number of rotatable bonds is 5. The first-order chi connectivity index (χ1) is 14.2. The number of aromatic nitrogens is 3. The number of anilines is 1. The van der Waals surface area contributed by atoms with E-state index >= 15 is 0 Å². The number of fused-ring (bicyclic) bond motifs is 1. The maximum Gasteiger partial charge on any atom is 0.277 e. The largest absolute Gasteiger partial charge is 0.448 e. The Morgan fingerprint density at radius 3 is 2.69 bits per heavy atom. The summed E-state index contributed by atoms with van der Waals surface area (Å²) in [4.78, 5) is 16.3. The normalized spacial score (nSPS) is 16.3. The number of carbonyl (C=O) groups excluding carboxylic acids is 1. The summed E-state index contributed by atoms with van der Waals surface area (Å²) in [5.41, 5.74) is 1.44. The zero-order chi connectivity index (χ0) is 19.7. The SMILES string of the molecule is O=C(CSc1nnc(-c2ccncc2)o1)Nc1ccc2c(c1)OC1(CCCC1)O2. The molecule has 0 atom stereocenters. The number of nitrogens with one attached hydrogen (secondary N) is 1. The van der Waals surface area contributed by atoms with E-state index in [4.69, 9.17) is 13.9 Å². The molecule has 1 aliphatic carbocycles. The molecule has 0 bridgehead atoms. The molecule has 29 heavy (non-hydrogen) atoms. The van der Waals surface area contributed by atoms with Crippen molar-refractivity contribution in [3.05, 3.63) is 42.7 Å². The lowest BCUT2D eigenvalue weighted by molar-refractivity contribution is -0.113. The summed E-state index contributed by atoms with van der Waals surface area (Å²) in [6.07, 6.45) is 7.30. The Balaban J connectivity index is 1.18. The molecule has 1 fully saturated rings. The number of carbonyl (C=O) groups is 1. The molecule has 3 heterocycles. The van der Waals surface area contributed by atoms with Crippen LogP contribution in [0.4, 0.5) is 5.69 Å². The van der Waals surface area contributed by atoms with Gasteiger partial charge in [0.1, 0.15) is 0 Å². The van der Waals surface area contributed by atoms with Crippen LogP contribution in [0.2, 0.25) is 0 Å². The van der Waals surface area contributed by atoms with Crippen LogP contribution in [-0.2, 0) is 4.79 Å². The Bertz CT molecular complexity index is 1030. The van der Waals surface area contributed by atoms with Crippen molar-refractivity contribution in [2.45, 2.75) is 36.7 Å². The van der Waals surface area contributed by atoms with Gasteiger partial charge in [0.2, 0.25) is 11.8 Å². The third-order valence-corrected chi connectivity index (χ3v) is 5.66. The Morgan fingerprint density at radius 2 is 1.86 bits per heavy atom. The Kier molecular flexibility index (Phi) is 4.59. The average molecular weight is 410 g/mol. The molecule has 1 amide bonds. The third-order valence-electron chi connectivity index (χ3n) is 4.85. The van der Waals surface area contributed by atoms with Gasteiger partial charge in [-0.1, -0.05) is 11.8 Å². The summed E-state index contributed by atoms with van der Waals surface area (Å²) < 4.78 is 17.6. The Hall–Kier alpha value is -3.07. The van der Waals surface area contributed by atoms with E-state index in [1.165, 1.54) is 11.8 Å². The van der Waals surface area contributed by atoms with Crippen LogP contribution in [0.5, 0.6) is 11.5 Å². The van der Waals surface area contributed by atoms with Crippen molar-refractivity contribution in [1.82, 2.24) is 15.2 Å². The number of ether oxygens (including phenoxy) is 2. The molecule has 2 aliphatic rings. The molecule has 5 rings (SSSR count). The zero-order valence-electron chi connectivity index (χ0n) is 15.5. The number of pyridine rings is 1. The maximum atomic E-state index is 12.3. The molecule has 0 unspecified atom stereocenters. The van der Waals surface area contributed by atoms with Crippen molar-refractivity contribution in [3.63, 3.8) is 0 Å². The second kappa shape index (κ2) is 7.40. The van der Waals surface area contributed by atoms with Crippen LogP contribution in [0.3, 0.4) is 0 Å². The quantitative estimate of drug-likeness (QED) is 0.632. The van der Waals surface area contributed by atoms with Crippen LogP contribution in [-0.4, -0.2) is 32.6 Å². The van der Waals surface area contributed by atoms with Crippen molar-refractivity contribution in [1.29, 1.82) is 0 Å². The van der Waals surface area contributed by atoms with Gasteiger partial charge in [-0.15, -0.1) is 10.2 Å². The minimum Gasteiger partial charge on any atom is -0.448 e. The number of hydrogen-bond donors (Lipinski definition) is 1. The van der Waals surface area contributed by atoms with Crippen molar-refractivity contribution in [2.24, 2.45) is 0 Å².